The van der Waals surface area contributed by atoms with Gasteiger partial charge in [-0.15, -0.1) is 0 Å². The van der Waals surface area contributed by atoms with Gasteiger partial charge in [0.1, 0.15) is 13.5 Å². The first-order valence-electron chi connectivity index (χ1n) is 5.61. The van der Waals surface area contributed by atoms with E-state index in [1.54, 1.807) is 0 Å². The predicted octanol–water partition coefficient (Wildman–Crippen LogP) is 4.04. The summed E-state index contributed by atoms with van der Waals surface area (Å²) in [6.45, 7) is 17.6. The van der Waals surface area contributed by atoms with Crippen LogP contribution in [0.4, 0.5) is 0 Å². The molecule has 0 saturated heterocycles. The minimum Gasteiger partial charge on any atom is -0.301 e. The molecular weight excluding hydrogens is 216 g/mol. The van der Waals surface area contributed by atoms with Crippen LogP contribution in [0.1, 0.15) is 20.8 Å². The van der Waals surface area contributed by atoms with Gasteiger partial charge in [-0.3, -0.25) is 0 Å². The fourth-order valence-electron chi connectivity index (χ4n) is 0.904. The summed E-state index contributed by atoms with van der Waals surface area (Å²) in [4.78, 5) is 12.2. The van der Waals surface area contributed by atoms with Crippen LogP contribution in [0, 0.1) is 0 Å². The molecule has 0 bridgehead atoms. The van der Waals surface area contributed by atoms with Crippen molar-refractivity contribution in [2.75, 3.05) is 0 Å². The van der Waals surface area contributed by atoms with Gasteiger partial charge < -0.3 is 4.79 Å². The number of rotatable bonds is 3. The molecule has 0 amide bonds. The van der Waals surface area contributed by atoms with Crippen molar-refractivity contribution in [3.05, 3.63) is 11.8 Å². The quantitative estimate of drug-likeness (QED) is 0.539. The Bertz CT molecular complexity index is 264. The summed E-state index contributed by atoms with van der Waals surface area (Å²) >= 11 is 0. The van der Waals surface area contributed by atoms with Gasteiger partial charge in [0.15, 0.2) is 0 Å². The molecule has 0 fully saturated rings. The zero-order chi connectivity index (χ0) is 12.5. The van der Waals surface area contributed by atoms with Crippen LogP contribution in [0.3, 0.4) is 0 Å². The molecule has 1 nitrogen and oxygen atoms in total. The van der Waals surface area contributed by atoms with Crippen LogP contribution in [0.25, 0.3) is 0 Å². The number of hydrogen-bond donors (Lipinski definition) is 0. The van der Waals surface area contributed by atoms with Crippen LogP contribution < -0.4 is 0 Å². The van der Waals surface area contributed by atoms with E-state index in [9.17, 15) is 4.79 Å². The van der Waals surface area contributed by atoms with Gasteiger partial charge in [-0.2, -0.15) is 0 Å². The van der Waals surface area contributed by atoms with Crippen LogP contribution in [-0.4, -0.2) is 21.6 Å². The van der Waals surface area contributed by atoms with E-state index in [1.165, 1.54) is 0 Å². The molecule has 0 aliphatic rings. The Morgan fingerprint density at radius 2 is 1.40 bits per heavy atom. The molecule has 0 radical (unpaired) electrons. The van der Waals surface area contributed by atoms with Gasteiger partial charge in [0.05, 0.1) is 8.07 Å². The maximum absolute atomic E-state index is 12.2. The van der Waals surface area contributed by atoms with E-state index in [-0.39, 0.29) is 5.04 Å². The van der Waals surface area contributed by atoms with Gasteiger partial charge in [-0.05, 0) is 11.1 Å². The summed E-state index contributed by atoms with van der Waals surface area (Å²) in [7, 11) is -3.05. The van der Waals surface area contributed by atoms with E-state index < -0.39 is 16.1 Å². The molecular formula is C12H26OSi2. The molecule has 0 unspecified atom stereocenters. The van der Waals surface area contributed by atoms with Crippen molar-refractivity contribution in [2.24, 2.45) is 0 Å². The monoisotopic (exact) mass is 242 g/mol. The molecule has 0 aromatic carbocycles. The predicted molar refractivity (Wildman–Crippen MR) is 74.7 cm³/mol. The first-order valence-corrected chi connectivity index (χ1v) is 12.2. The van der Waals surface area contributed by atoms with Gasteiger partial charge in [-0.1, -0.05) is 59.2 Å². The van der Waals surface area contributed by atoms with Crippen LogP contribution in [0.15, 0.2) is 11.8 Å². The summed E-state index contributed by atoms with van der Waals surface area (Å²) in [6.07, 6.45) is 1.86. The Labute approximate surface area is 97.0 Å². The smallest absolute Gasteiger partial charge is 0.137 e. The summed E-state index contributed by atoms with van der Waals surface area (Å²) < 4.78 is 0. The van der Waals surface area contributed by atoms with Crippen molar-refractivity contribution in [1.29, 1.82) is 0 Å². The lowest BCUT2D eigenvalue weighted by molar-refractivity contribution is -0.108. The van der Waals surface area contributed by atoms with Crippen molar-refractivity contribution in [3.8, 4) is 0 Å². The molecule has 0 rings (SSSR count). The van der Waals surface area contributed by atoms with Crippen molar-refractivity contribution in [1.82, 2.24) is 0 Å². The molecule has 15 heavy (non-hydrogen) atoms. The van der Waals surface area contributed by atoms with E-state index in [0.29, 0.717) is 5.41 Å². The van der Waals surface area contributed by atoms with Crippen molar-refractivity contribution >= 4 is 21.6 Å². The lowest BCUT2D eigenvalue weighted by Gasteiger charge is -2.34. The fourth-order valence-corrected chi connectivity index (χ4v) is 2.96. The van der Waals surface area contributed by atoms with Crippen LogP contribution >= 0.6 is 0 Å². The topological polar surface area (TPSA) is 17.1 Å². The molecule has 0 aliphatic carbocycles. The highest BCUT2D eigenvalue weighted by molar-refractivity contribution is 7.07. The standard InChI is InChI=1S/C12H26OSi2/c1-12(2,3)15(7,8)11(13)9-10-14(4,5)6/h9-10H,1-8H3/b10-9+. The van der Waals surface area contributed by atoms with Gasteiger partial charge in [0.2, 0.25) is 0 Å². The molecule has 0 saturated carbocycles. The Morgan fingerprint density at radius 1 is 1.00 bits per heavy atom. The third kappa shape index (κ3) is 4.47. The van der Waals surface area contributed by atoms with E-state index in [1.807, 2.05) is 6.08 Å². The Balaban J connectivity index is 4.82. The molecule has 0 aromatic heterocycles. The highest BCUT2D eigenvalue weighted by atomic mass is 28.3. The molecule has 0 heterocycles. The second-order valence-electron chi connectivity index (χ2n) is 6.94. The normalized spacial score (nSPS) is 14.7. The molecule has 0 spiro atoms. The van der Waals surface area contributed by atoms with Crippen LogP contribution in [0.5, 0.6) is 0 Å². The van der Waals surface area contributed by atoms with Crippen LogP contribution in [0.2, 0.25) is 37.8 Å². The SMILES string of the molecule is CC(C)(C)[Si](C)(C)C(=O)/C=C/[Si](C)(C)C. The van der Waals surface area contributed by atoms with E-state index >= 15 is 0 Å². The van der Waals surface area contributed by atoms with E-state index in [4.69, 9.17) is 0 Å². The zero-order valence-electron chi connectivity index (χ0n) is 11.6. The minimum absolute atomic E-state index is 0.147. The molecule has 88 valence electrons. The summed E-state index contributed by atoms with van der Waals surface area (Å²) in [5.41, 5.74) is 2.16. The summed E-state index contributed by atoms with van der Waals surface area (Å²) in [5, 5.41) is 0.533. The van der Waals surface area contributed by atoms with Gasteiger partial charge in [-0.25, -0.2) is 0 Å². The molecule has 0 N–H and O–H groups in total. The van der Waals surface area contributed by atoms with Crippen LogP contribution in [-0.2, 0) is 4.79 Å². The van der Waals surface area contributed by atoms with E-state index in [0.717, 1.165) is 0 Å². The first-order chi connectivity index (χ1) is 6.38. The van der Waals surface area contributed by atoms with E-state index in [2.05, 4.69) is 59.2 Å². The van der Waals surface area contributed by atoms with Crippen molar-refractivity contribution in [3.63, 3.8) is 0 Å². The highest BCUT2D eigenvalue weighted by Gasteiger charge is 2.40. The van der Waals surface area contributed by atoms with Crippen molar-refractivity contribution in [2.45, 2.75) is 58.5 Å². The third-order valence-electron chi connectivity index (χ3n) is 3.23. The minimum atomic E-state index is -1.81. The second-order valence-corrected chi connectivity index (χ2v) is 17.2. The molecule has 3 heteroatoms. The fraction of sp³-hybridized carbons (Fsp3) is 0.750. The van der Waals surface area contributed by atoms with Gasteiger partial charge in [0, 0.05) is 0 Å². The summed E-state index contributed by atoms with van der Waals surface area (Å²) in [6, 6.07) is 0. The summed E-state index contributed by atoms with van der Waals surface area (Å²) in [5.74, 6) is 0. The second kappa shape index (κ2) is 4.38. The largest absolute Gasteiger partial charge is 0.301 e. The Morgan fingerprint density at radius 3 is 1.67 bits per heavy atom. The number of allylic oxidation sites excluding steroid dienone is 1. The maximum Gasteiger partial charge on any atom is 0.137 e. The maximum atomic E-state index is 12.2. The van der Waals surface area contributed by atoms with Gasteiger partial charge >= 0.3 is 0 Å². The molecule has 0 aromatic rings. The van der Waals surface area contributed by atoms with Crippen molar-refractivity contribution < 1.29 is 4.79 Å². The zero-order valence-corrected chi connectivity index (χ0v) is 13.6. The first kappa shape index (κ1) is 14.8. The third-order valence-corrected chi connectivity index (χ3v) is 9.54. The lowest BCUT2D eigenvalue weighted by atomic mass is 10.2. The molecule has 0 atom stereocenters. The Kier molecular flexibility index (Phi) is 4.33. The number of carbonyl (C=O) groups excluding carboxylic acids is 1. The van der Waals surface area contributed by atoms with Gasteiger partial charge in [0.25, 0.3) is 0 Å². The number of hydrogen-bond acceptors (Lipinski definition) is 1. The lowest BCUT2D eigenvalue weighted by Crippen LogP contribution is -2.45. The number of carbonyl (C=O) groups is 1. The molecule has 0 aliphatic heterocycles. The average Bonchev–Trinajstić information content (AvgIpc) is 1.96. The highest BCUT2D eigenvalue weighted by Crippen LogP contribution is 2.36. The average molecular weight is 243 g/mol. The Hall–Kier alpha value is -0.156.